The highest BCUT2D eigenvalue weighted by molar-refractivity contribution is 6.21. The molecule has 27 heavy (non-hydrogen) atoms. The predicted octanol–water partition coefficient (Wildman–Crippen LogP) is 1.49. The number of hydrogen-bond acceptors (Lipinski definition) is 5. The third kappa shape index (κ3) is 2.99. The van der Waals surface area contributed by atoms with E-state index in [2.05, 4.69) is 5.32 Å². The quantitative estimate of drug-likeness (QED) is 0.826. The molecule has 4 rings (SSSR count). The van der Waals surface area contributed by atoms with Crippen molar-refractivity contribution in [2.45, 2.75) is 13.0 Å². The van der Waals surface area contributed by atoms with Crippen molar-refractivity contribution in [3.8, 4) is 0 Å². The van der Waals surface area contributed by atoms with Gasteiger partial charge in [0.2, 0.25) is 11.8 Å². The molecular weight excluding hydrogens is 350 g/mol. The fourth-order valence-corrected chi connectivity index (χ4v) is 3.37. The van der Waals surface area contributed by atoms with E-state index in [1.54, 1.807) is 23.1 Å². The van der Waals surface area contributed by atoms with Crippen LogP contribution in [0.1, 0.15) is 32.9 Å². The number of carbonyl (C=O) groups is 4. The molecule has 8 nitrogen and oxygen atoms in total. The highest BCUT2D eigenvalue weighted by Crippen LogP contribution is 2.26. The molecule has 1 unspecified atom stereocenters. The lowest BCUT2D eigenvalue weighted by molar-refractivity contribution is -0.128. The van der Waals surface area contributed by atoms with Crippen molar-refractivity contribution in [1.82, 2.24) is 9.80 Å². The van der Waals surface area contributed by atoms with E-state index in [0.29, 0.717) is 30.1 Å². The SMILES string of the molecule is CN1C(=O)c2ccc(NC(=O)C3CC(=O)N(Cc4ccco4)C3)cc2C1=O. The predicted molar refractivity (Wildman–Crippen MR) is 93.7 cm³/mol. The third-order valence-corrected chi connectivity index (χ3v) is 4.87. The standard InChI is InChI=1S/C19H17N3O5/c1-21-18(25)14-5-4-12(8-15(14)19(21)26)20-17(24)11-7-16(23)22(9-11)10-13-3-2-6-27-13/h2-6,8,11H,7,9-10H2,1H3,(H,20,24). The first kappa shape index (κ1) is 17.0. The van der Waals surface area contributed by atoms with Gasteiger partial charge in [0.15, 0.2) is 0 Å². The Balaban J connectivity index is 1.44. The van der Waals surface area contributed by atoms with Crippen LogP contribution in [0.5, 0.6) is 0 Å². The number of anilines is 1. The van der Waals surface area contributed by atoms with Gasteiger partial charge in [-0.15, -0.1) is 0 Å². The summed E-state index contributed by atoms with van der Waals surface area (Å²) in [6, 6.07) is 8.13. The summed E-state index contributed by atoms with van der Waals surface area (Å²) in [5, 5.41) is 2.74. The molecule has 8 heteroatoms. The molecule has 4 amide bonds. The van der Waals surface area contributed by atoms with Crippen LogP contribution in [0.2, 0.25) is 0 Å². The van der Waals surface area contributed by atoms with Gasteiger partial charge < -0.3 is 14.6 Å². The van der Waals surface area contributed by atoms with Gasteiger partial charge in [0, 0.05) is 25.7 Å². The summed E-state index contributed by atoms with van der Waals surface area (Å²) >= 11 is 0. The van der Waals surface area contributed by atoms with Crippen LogP contribution in [0.3, 0.4) is 0 Å². The molecule has 1 aromatic carbocycles. The zero-order valence-electron chi connectivity index (χ0n) is 14.6. The molecule has 1 atom stereocenters. The maximum Gasteiger partial charge on any atom is 0.261 e. The summed E-state index contributed by atoms with van der Waals surface area (Å²) in [4.78, 5) is 51.3. The van der Waals surface area contributed by atoms with E-state index in [1.165, 1.54) is 25.4 Å². The van der Waals surface area contributed by atoms with E-state index < -0.39 is 11.8 Å². The van der Waals surface area contributed by atoms with Gasteiger partial charge in [-0.2, -0.15) is 0 Å². The molecule has 1 aromatic heterocycles. The van der Waals surface area contributed by atoms with Crippen molar-refractivity contribution in [3.63, 3.8) is 0 Å². The summed E-state index contributed by atoms with van der Waals surface area (Å²) in [6.07, 6.45) is 1.66. The Morgan fingerprint density at radius 2 is 1.96 bits per heavy atom. The number of nitrogens with one attached hydrogen (secondary N) is 1. The van der Waals surface area contributed by atoms with Gasteiger partial charge in [-0.05, 0) is 30.3 Å². The number of furan rings is 1. The van der Waals surface area contributed by atoms with Crippen LogP contribution in [0.4, 0.5) is 5.69 Å². The number of imide groups is 1. The van der Waals surface area contributed by atoms with Gasteiger partial charge in [-0.3, -0.25) is 24.1 Å². The molecule has 0 saturated carbocycles. The Labute approximate surface area is 154 Å². The molecule has 2 aliphatic heterocycles. The highest BCUT2D eigenvalue weighted by Gasteiger charge is 2.36. The zero-order chi connectivity index (χ0) is 19.1. The number of likely N-dealkylation sites (tertiary alicyclic amines) is 1. The Bertz CT molecular complexity index is 950. The second-order valence-electron chi connectivity index (χ2n) is 6.67. The molecule has 1 fully saturated rings. The van der Waals surface area contributed by atoms with E-state index >= 15 is 0 Å². The molecule has 0 bridgehead atoms. The minimum atomic E-state index is -0.485. The van der Waals surface area contributed by atoms with Crippen molar-refractivity contribution in [2.75, 3.05) is 18.9 Å². The maximum atomic E-state index is 12.5. The summed E-state index contributed by atoms with van der Waals surface area (Å²) in [6.45, 7) is 0.633. The molecule has 0 spiro atoms. The third-order valence-electron chi connectivity index (χ3n) is 4.87. The van der Waals surface area contributed by atoms with Crippen LogP contribution in [-0.4, -0.2) is 47.0 Å². The molecule has 1 N–H and O–H groups in total. The second-order valence-corrected chi connectivity index (χ2v) is 6.67. The van der Waals surface area contributed by atoms with Crippen LogP contribution < -0.4 is 5.32 Å². The number of benzene rings is 1. The van der Waals surface area contributed by atoms with Gasteiger partial charge in [-0.1, -0.05) is 0 Å². The zero-order valence-corrected chi connectivity index (χ0v) is 14.6. The molecule has 2 aromatic rings. The lowest BCUT2D eigenvalue weighted by atomic mass is 10.1. The Morgan fingerprint density at radius 1 is 1.19 bits per heavy atom. The number of hydrogen-bond donors (Lipinski definition) is 1. The number of amides is 4. The first-order chi connectivity index (χ1) is 12.9. The van der Waals surface area contributed by atoms with Crippen LogP contribution in [0.15, 0.2) is 41.0 Å². The highest BCUT2D eigenvalue weighted by atomic mass is 16.3. The van der Waals surface area contributed by atoms with Crippen molar-refractivity contribution in [3.05, 3.63) is 53.5 Å². The fraction of sp³-hybridized carbons (Fsp3) is 0.263. The van der Waals surface area contributed by atoms with Crippen molar-refractivity contribution in [1.29, 1.82) is 0 Å². The Kier molecular flexibility index (Phi) is 4.02. The average molecular weight is 367 g/mol. The normalized spacial score (nSPS) is 19.0. The maximum absolute atomic E-state index is 12.5. The van der Waals surface area contributed by atoms with Crippen molar-refractivity contribution < 1.29 is 23.6 Å². The monoisotopic (exact) mass is 367 g/mol. The molecule has 138 valence electrons. The van der Waals surface area contributed by atoms with Gasteiger partial charge >= 0.3 is 0 Å². The minimum Gasteiger partial charge on any atom is -0.467 e. The number of nitrogens with zero attached hydrogens (tertiary/aromatic N) is 2. The lowest BCUT2D eigenvalue weighted by Gasteiger charge is -2.15. The second kappa shape index (κ2) is 6.39. The Hall–Kier alpha value is -3.42. The van der Waals surface area contributed by atoms with E-state index in [1.807, 2.05) is 0 Å². The van der Waals surface area contributed by atoms with Crippen LogP contribution in [0, 0.1) is 5.92 Å². The van der Waals surface area contributed by atoms with Crippen molar-refractivity contribution >= 4 is 29.3 Å². The number of rotatable bonds is 4. The van der Waals surface area contributed by atoms with E-state index in [4.69, 9.17) is 4.42 Å². The van der Waals surface area contributed by atoms with Crippen LogP contribution in [-0.2, 0) is 16.1 Å². The number of carbonyl (C=O) groups excluding carboxylic acids is 4. The molecule has 1 saturated heterocycles. The summed E-state index contributed by atoms with van der Waals surface area (Å²) in [5.41, 5.74) is 1.01. The summed E-state index contributed by atoms with van der Waals surface area (Å²) < 4.78 is 5.25. The molecular formula is C19H17N3O5. The number of fused-ring (bicyclic) bond motifs is 1. The van der Waals surface area contributed by atoms with Crippen LogP contribution >= 0.6 is 0 Å². The molecule has 2 aliphatic rings. The molecule has 0 aliphatic carbocycles. The fourth-order valence-electron chi connectivity index (χ4n) is 3.37. The largest absolute Gasteiger partial charge is 0.467 e. The minimum absolute atomic E-state index is 0.108. The molecule has 3 heterocycles. The van der Waals surface area contributed by atoms with E-state index in [9.17, 15) is 19.2 Å². The van der Waals surface area contributed by atoms with Gasteiger partial charge in [0.25, 0.3) is 11.8 Å². The lowest BCUT2D eigenvalue weighted by Crippen LogP contribution is -2.28. The smallest absolute Gasteiger partial charge is 0.261 e. The summed E-state index contributed by atoms with van der Waals surface area (Å²) in [5.74, 6) is -0.982. The van der Waals surface area contributed by atoms with Gasteiger partial charge in [-0.25, -0.2) is 0 Å². The van der Waals surface area contributed by atoms with Gasteiger partial charge in [0.1, 0.15) is 5.76 Å². The van der Waals surface area contributed by atoms with Gasteiger partial charge in [0.05, 0.1) is 29.9 Å². The van der Waals surface area contributed by atoms with Crippen molar-refractivity contribution in [2.24, 2.45) is 5.92 Å². The topological polar surface area (TPSA) is 99.9 Å². The average Bonchev–Trinajstić information content (AvgIpc) is 3.34. The molecule has 0 radical (unpaired) electrons. The van der Waals surface area contributed by atoms with E-state index in [0.717, 1.165) is 4.90 Å². The first-order valence-corrected chi connectivity index (χ1v) is 8.51. The van der Waals surface area contributed by atoms with E-state index in [-0.39, 0.29) is 29.7 Å². The summed E-state index contributed by atoms with van der Waals surface area (Å²) in [7, 11) is 1.42. The first-order valence-electron chi connectivity index (χ1n) is 8.51. The Morgan fingerprint density at radius 3 is 2.70 bits per heavy atom. The van der Waals surface area contributed by atoms with Crippen LogP contribution in [0.25, 0.3) is 0 Å².